The van der Waals surface area contributed by atoms with Crippen LogP contribution in [0.2, 0.25) is 0 Å². The largest absolute Gasteiger partial charge is 0.394 e. The third-order valence-electron chi connectivity index (χ3n) is 13.6. The Morgan fingerprint density at radius 2 is 0.897 bits per heavy atom. The van der Waals surface area contributed by atoms with E-state index in [4.69, 9.17) is 18.9 Å². The summed E-state index contributed by atoms with van der Waals surface area (Å²) in [7, 11) is 0. The molecule has 12 atom stereocenters. The van der Waals surface area contributed by atoms with Crippen molar-refractivity contribution in [2.24, 2.45) is 0 Å². The molecule has 9 N–H and O–H groups in total. The third kappa shape index (κ3) is 33.2. The van der Waals surface area contributed by atoms with Crippen LogP contribution in [0.4, 0.5) is 0 Å². The number of nitrogens with one attached hydrogen (secondary N) is 1. The van der Waals surface area contributed by atoms with Crippen molar-refractivity contribution < 1.29 is 64.6 Å². The van der Waals surface area contributed by atoms with Crippen LogP contribution in [0, 0.1) is 0 Å². The zero-order valence-corrected chi connectivity index (χ0v) is 47.6. The van der Waals surface area contributed by atoms with E-state index in [1.165, 1.54) is 57.8 Å². The molecule has 2 fully saturated rings. The number of carbonyl (C=O) groups is 1. The van der Waals surface area contributed by atoms with Gasteiger partial charge >= 0.3 is 0 Å². The first-order valence-corrected chi connectivity index (χ1v) is 29.8. The Morgan fingerprint density at radius 1 is 0.474 bits per heavy atom. The number of ether oxygens (including phenoxy) is 4. The topological polar surface area (TPSA) is 228 Å². The molecule has 2 aliphatic rings. The molecule has 2 saturated heterocycles. The number of aliphatic hydroxyl groups excluding tert-OH is 8. The first-order valence-electron chi connectivity index (χ1n) is 29.8. The highest BCUT2D eigenvalue weighted by molar-refractivity contribution is 5.76. The Labute approximate surface area is 469 Å². The fourth-order valence-corrected chi connectivity index (χ4v) is 8.85. The van der Waals surface area contributed by atoms with Crippen LogP contribution >= 0.6 is 0 Å². The molecule has 78 heavy (non-hydrogen) atoms. The normalized spacial score (nSPS) is 25.5. The first-order chi connectivity index (χ1) is 38.1. The zero-order valence-electron chi connectivity index (χ0n) is 47.6. The minimum Gasteiger partial charge on any atom is -0.394 e. The second-order valence-corrected chi connectivity index (χ2v) is 20.4. The second-order valence-electron chi connectivity index (χ2n) is 20.4. The molecule has 0 bridgehead atoms. The molecular weight excluding hydrogens is 991 g/mol. The van der Waals surface area contributed by atoms with Crippen LogP contribution in [-0.2, 0) is 23.7 Å². The second kappa shape index (κ2) is 48.1. The number of hydrogen-bond acceptors (Lipinski definition) is 13. The Kier molecular flexibility index (Phi) is 43.5. The standard InChI is InChI=1S/C64H105NO13/c1-3-5-7-9-11-13-15-17-19-20-21-22-23-24-25-26-27-28-29-30-31-32-34-36-38-40-42-44-46-48-56(69)65-52(53(68)47-45-43-41-39-37-35-33-18-16-14-12-10-8-6-4-2)51-75-63-61(74)59(72)62(55(50-67)77-63)78-64-60(73)58(71)57(70)54(49-66)76-64/h5,7,11,13,17,19,21-22,24-25,27-28,30-31,34,36-37,39,45,47,52-55,57-64,66-68,70-74H,3-4,6,8-10,12,14-16,18,20,23,26,29,32-33,35,38,40-44,46,48-51H2,1-2H3,(H,65,69)/b7-5-,13-11-,19-17-,22-21-,25-24-,28-27-,31-30-,36-34-,39-37+,47-45+. The third-order valence-corrected chi connectivity index (χ3v) is 13.6. The molecule has 444 valence electrons. The first kappa shape index (κ1) is 70.5. The van der Waals surface area contributed by atoms with Crippen molar-refractivity contribution in [2.45, 2.75) is 254 Å². The van der Waals surface area contributed by atoms with Gasteiger partial charge in [0.05, 0.1) is 32.0 Å². The maximum atomic E-state index is 13.2. The highest BCUT2D eigenvalue weighted by Crippen LogP contribution is 2.30. The van der Waals surface area contributed by atoms with Gasteiger partial charge in [-0.05, 0) is 96.3 Å². The average molecular weight is 1100 g/mol. The predicted octanol–water partition coefficient (Wildman–Crippen LogP) is 10.2. The molecule has 0 spiro atoms. The van der Waals surface area contributed by atoms with Gasteiger partial charge in [-0.3, -0.25) is 4.79 Å². The lowest BCUT2D eigenvalue weighted by Gasteiger charge is -2.46. The lowest BCUT2D eigenvalue weighted by Crippen LogP contribution is -2.65. The van der Waals surface area contributed by atoms with Gasteiger partial charge in [-0.15, -0.1) is 0 Å². The summed E-state index contributed by atoms with van der Waals surface area (Å²) >= 11 is 0. The Morgan fingerprint density at radius 3 is 1.41 bits per heavy atom. The minimum absolute atomic E-state index is 0.235. The molecule has 2 aliphatic heterocycles. The summed E-state index contributed by atoms with van der Waals surface area (Å²) in [4.78, 5) is 13.2. The van der Waals surface area contributed by atoms with E-state index in [0.29, 0.717) is 12.8 Å². The molecule has 0 aromatic rings. The van der Waals surface area contributed by atoms with Crippen molar-refractivity contribution in [2.75, 3.05) is 19.8 Å². The van der Waals surface area contributed by atoms with E-state index in [1.807, 2.05) is 6.08 Å². The van der Waals surface area contributed by atoms with Gasteiger partial charge in [-0.1, -0.05) is 200 Å². The molecule has 2 heterocycles. The number of carbonyl (C=O) groups excluding carboxylic acids is 1. The van der Waals surface area contributed by atoms with E-state index in [1.54, 1.807) is 6.08 Å². The predicted molar refractivity (Wildman–Crippen MR) is 313 cm³/mol. The van der Waals surface area contributed by atoms with Gasteiger partial charge in [0.1, 0.15) is 48.8 Å². The molecule has 2 rings (SSSR count). The van der Waals surface area contributed by atoms with Gasteiger partial charge in [0, 0.05) is 6.42 Å². The van der Waals surface area contributed by atoms with Crippen LogP contribution in [0.3, 0.4) is 0 Å². The van der Waals surface area contributed by atoms with E-state index in [-0.39, 0.29) is 18.9 Å². The summed E-state index contributed by atoms with van der Waals surface area (Å²) in [6.07, 6.45) is 52.3. The van der Waals surface area contributed by atoms with E-state index in [9.17, 15) is 45.6 Å². The maximum Gasteiger partial charge on any atom is 0.220 e. The van der Waals surface area contributed by atoms with E-state index in [2.05, 4.69) is 129 Å². The summed E-state index contributed by atoms with van der Waals surface area (Å²) in [5.74, 6) is -0.280. The van der Waals surface area contributed by atoms with Gasteiger partial charge in [-0.25, -0.2) is 0 Å². The number of unbranched alkanes of at least 4 members (excludes halogenated alkanes) is 14. The fraction of sp³-hybridized carbons (Fsp3) is 0.672. The molecule has 14 nitrogen and oxygen atoms in total. The minimum atomic E-state index is -1.80. The van der Waals surface area contributed by atoms with Crippen molar-refractivity contribution in [3.05, 3.63) is 122 Å². The monoisotopic (exact) mass is 1100 g/mol. The molecule has 0 aromatic carbocycles. The van der Waals surface area contributed by atoms with Gasteiger partial charge < -0.3 is 65.1 Å². The molecule has 0 aliphatic carbocycles. The van der Waals surface area contributed by atoms with Crippen LogP contribution in [0.25, 0.3) is 0 Å². The smallest absolute Gasteiger partial charge is 0.220 e. The molecule has 12 unspecified atom stereocenters. The highest BCUT2D eigenvalue weighted by atomic mass is 16.7. The van der Waals surface area contributed by atoms with Crippen LogP contribution in [-0.4, -0.2) is 140 Å². The number of allylic oxidation sites excluding steroid dienone is 19. The van der Waals surface area contributed by atoms with E-state index < -0.39 is 86.8 Å². The number of amides is 1. The molecule has 0 radical (unpaired) electrons. The van der Waals surface area contributed by atoms with Crippen LogP contribution in [0.5, 0.6) is 0 Å². The summed E-state index contributed by atoms with van der Waals surface area (Å²) in [5.41, 5.74) is 0. The van der Waals surface area contributed by atoms with Gasteiger partial charge in [0.15, 0.2) is 12.6 Å². The van der Waals surface area contributed by atoms with Crippen LogP contribution in [0.15, 0.2) is 122 Å². The van der Waals surface area contributed by atoms with Crippen molar-refractivity contribution in [3.8, 4) is 0 Å². The maximum absolute atomic E-state index is 13.2. The Bertz CT molecular complexity index is 1770. The molecule has 0 saturated carbocycles. The Hall–Kier alpha value is -3.61. The van der Waals surface area contributed by atoms with Gasteiger partial charge in [0.2, 0.25) is 5.91 Å². The van der Waals surface area contributed by atoms with Crippen molar-refractivity contribution in [1.82, 2.24) is 5.32 Å². The summed E-state index contributed by atoms with van der Waals surface area (Å²) < 4.78 is 22.7. The molecular formula is C64H105NO13. The summed E-state index contributed by atoms with van der Waals surface area (Å²) in [6.45, 7) is 2.62. The number of rotatable bonds is 45. The fourth-order valence-electron chi connectivity index (χ4n) is 8.85. The lowest BCUT2D eigenvalue weighted by molar-refractivity contribution is -0.359. The summed E-state index contributed by atoms with van der Waals surface area (Å²) in [5, 5.41) is 87.0. The lowest BCUT2D eigenvalue weighted by atomic mass is 9.97. The quantitative estimate of drug-likeness (QED) is 0.0205. The van der Waals surface area contributed by atoms with Gasteiger partial charge in [0.25, 0.3) is 0 Å². The van der Waals surface area contributed by atoms with Gasteiger partial charge in [-0.2, -0.15) is 0 Å². The number of aliphatic hydroxyl groups is 8. The number of hydrogen-bond donors (Lipinski definition) is 9. The zero-order chi connectivity index (χ0) is 56.7. The molecule has 0 aromatic heterocycles. The van der Waals surface area contributed by atoms with Crippen molar-refractivity contribution in [1.29, 1.82) is 0 Å². The van der Waals surface area contributed by atoms with Crippen molar-refractivity contribution in [3.63, 3.8) is 0 Å². The molecule has 14 heteroatoms. The average Bonchev–Trinajstić information content (AvgIpc) is 3.47. The van der Waals surface area contributed by atoms with Crippen molar-refractivity contribution >= 4 is 5.91 Å². The summed E-state index contributed by atoms with van der Waals surface area (Å²) in [6, 6.07) is -0.954. The SMILES string of the molecule is CC/C=C\C/C=C\C/C=C\C/C=C\C/C=C\C/C=C\C/C=C\C/C=C\CCCCCCC(=O)NC(COC1OC(CO)C(OC2OC(CO)C(O)C(O)C2O)C(O)C1O)C(O)/C=C/CC/C=C/CCCCCCCCCCC. The molecule has 1 amide bonds. The van der Waals surface area contributed by atoms with E-state index >= 15 is 0 Å². The van der Waals surface area contributed by atoms with E-state index in [0.717, 1.165) is 89.9 Å². The van der Waals surface area contributed by atoms with Crippen LogP contribution < -0.4 is 5.32 Å². The highest BCUT2D eigenvalue weighted by Gasteiger charge is 2.51. The Balaban J connectivity index is 1.77. The van der Waals surface area contributed by atoms with Crippen LogP contribution in [0.1, 0.15) is 181 Å².